The molecule has 0 bridgehead atoms. The lowest BCUT2D eigenvalue weighted by Gasteiger charge is -2.14. The first-order chi connectivity index (χ1) is 13.2. The van der Waals surface area contributed by atoms with Gasteiger partial charge in [-0.1, -0.05) is 66.7 Å². The van der Waals surface area contributed by atoms with E-state index in [4.69, 9.17) is 29.0 Å². The monoisotopic (exact) mass is 454 g/mol. The van der Waals surface area contributed by atoms with Crippen LogP contribution in [0.1, 0.15) is 41.5 Å². The molecule has 7 heteroatoms. The molecule has 29 heavy (non-hydrogen) atoms. The van der Waals surface area contributed by atoms with E-state index in [0.717, 1.165) is 10.8 Å². The molecule has 0 aliphatic rings. The molecule has 0 fully saturated rings. The maximum Gasteiger partial charge on any atom is 0.253 e. The summed E-state index contributed by atoms with van der Waals surface area (Å²) in [5, 5.41) is 1.13. The largest absolute Gasteiger partial charge is 0.276 e. The van der Waals surface area contributed by atoms with Gasteiger partial charge in [0.25, 0.3) is 10.5 Å². The molecule has 0 aliphatic heterocycles. The first kappa shape index (κ1) is 27.0. The van der Waals surface area contributed by atoms with Crippen LogP contribution in [-0.4, -0.2) is 16.0 Å². The van der Waals surface area contributed by atoms with Crippen molar-refractivity contribution in [3.05, 3.63) is 83.9 Å². The highest BCUT2D eigenvalue weighted by molar-refractivity contribution is 6.68. The summed E-state index contributed by atoms with van der Waals surface area (Å²) in [5.41, 5.74) is 3.78. The summed E-state index contributed by atoms with van der Waals surface area (Å²) >= 11 is 10.6. The van der Waals surface area contributed by atoms with Crippen molar-refractivity contribution in [1.82, 2.24) is 5.43 Å². The predicted molar refractivity (Wildman–Crippen MR) is 125 cm³/mol. The fraction of sp³-hybridized carbons (Fsp3) is 0.182. The van der Waals surface area contributed by atoms with Crippen LogP contribution in [0, 0.1) is 0 Å². The van der Waals surface area contributed by atoms with Gasteiger partial charge in [-0.15, -0.1) is 12.4 Å². The molecular weight excluding hydrogens is 431 g/mol. The molecule has 0 saturated carbocycles. The van der Waals surface area contributed by atoms with E-state index < -0.39 is 10.5 Å². The number of carbonyl (C=O) groups is 2. The highest BCUT2D eigenvalue weighted by atomic mass is 35.5. The van der Waals surface area contributed by atoms with E-state index in [1.54, 1.807) is 30.3 Å². The Balaban J connectivity index is 0.000000432. The van der Waals surface area contributed by atoms with Gasteiger partial charge in [0.15, 0.2) is 0 Å². The summed E-state index contributed by atoms with van der Waals surface area (Å²) in [7, 11) is 0. The molecule has 0 unspecified atom stereocenters. The SMILES string of the molecule is CC(C)(C)NN.Cl.O=C(Cl)c1cccc2ccccc12.O=C(Cl)c1ccccc1. The first-order valence-electron chi connectivity index (χ1n) is 8.56. The zero-order valence-corrected chi connectivity index (χ0v) is 18.8. The third-order valence-corrected chi connectivity index (χ3v) is 3.86. The Bertz CT molecular complexity index is 905. The topological polar surface area (TPSA) is 72.2 Å². The molecule has 0 atom stereocenters. The van der Waals surface area contributed by atoms with Gasteiger partial charge in [-0.2, -0.15) is 0 Å². The van der Waals surface area contributed by atoms with Crippen LogP contribution in [0.15, 0.2) is 72.8 Å². The maximum atomic E-state index is 11.0. The van der Waals surface area contributed by atoms with Crippen LogP contribution in [0.25, 0.3) is 10.8 Å². The predicted octanol–water partition coefficient (Wildman–Crippen LogP) is 5.95. The van der Waals surface area contributed by atoms with Gasteiger partial charge >= 0.3 is 0 Å². The van der Waals surface area contributed by atoms with Crippen LogP contribution in [0.2, 0.25) is 0 Å². The molecule has 0 aromatic heterocycles. The number of halogens is 3. The van der Waals surface area contributed by atoms with Gasteiger partial charge in [-0.25, -0.2) is 0 Å². The number of carbonyl (C=O) groups excluding carboxylic acids is 2. The van der Waals surface area contributed by atoms with E-state index >= 15 is 0 Å². The van der Waals surface area contributed by atoms with Crippen molar-refractivity contribution in [3.8, 4) is 0 Å². The van der Waals surface area contributed by atoms with Crippen molar-refractivity contribution in [1.29, 1.82) is 0 Å². The van der Waals surface area contributed by atoms with Gasteiger partial charge in [0.2, 0.25) is 0 Å². The average Bonchev–Trinajstić information content (AvgIpc) is 2.68. The minimum atomic E-state index is -0.407. The van der Waals surface area contributed by atoms with Crippen LogP contribution in [-0.2, 0) is 0 Å². The van der Waals surface area contributed by atoms with Crippen molar-refractivity contribution >= 4 is 56.9 Å². The Labute approximate surface area is 187 Å². The van der Waals surface area contributed by atoms with Crippen LogP contribution in [0.3, 0.4) is 0 Å². The Morgan fingerprint density at radius 1 is 0.793 bits per heavy atom. The molecule has 0 radical (unpaired) electrons. The van der Waals surface area contributed by atoms with E-state index in [2.05, 4.69) is 5.43 Å². The number of rotatable bonds is 2. The summed E-state index contributed by atoms with van der Waals surface area (Å²) in [5.74, 6) is 5.06. The lowest BCUT2D eigenvalue weighted by atomic mass is 10.1. The third-order valence-electron chi connectivity index (χ3n) is 3.44. The highest BCUT2D eigenvalue weighted by Crippen LogP contribution is 2.19. The maximum absolute atomic E-state index is 11.0. The van der Waals surface area contributed by atoms with E-state index in [-0.39, 0.29) is 17.9 Å². The molecule has 3 N–H and O–H groups in total. The normalized spacial score (nSPS) is 9.86. The van der Waals surface area contributed by atoms with E-state index in [1.165, 1.54) is 0 Å². The van der Waals surface area contributed by atoms with Gasteiger partial charge < -0.3 is 0 Å². The van der Waals surface area contributed by atoms with E-state index in [9.17, 15) is 9.59 Å². The molecule has 0 amide bonds. The van der Waals surface area contributed by atoms with Crippen LogP contribution in [0.5, 0.6) is 0 Å². The summed E-state index contributed by atoms with van der Waals surface area (Å²) in [6.45, 7) is 6.02. The standard InChI is InChI=1S/C11H7ClO.C7H5ClO.C4H12N2.ClH/c12-11(13)10-7-3-5-8-4-1-2-6-9(8)10;8-7(9)6-4-2-1-3-5-6;1-4(2,3)6-5;/h1-7H;1-5H;6H,5H2,1-3H3;1H. The molecule has 3 aromatic rings. The van der Waals surface area contributed by atoms with Crippen molar-refractivity contribution in [3.63, 3.8) is 0 Å². The molecule has 4 nitrogen and oxygen atoms in total. The molecule has 0 spiro atoms. The van der Waals surface area contributed by atoms with Crippen LogP contribution >= 0.6 is 35.6 Å². The Morgan fingerprint density at radius 2 is 1.28 bits per heavy atom. The molecule has 3 rings (SSSR count). The summed E-state index contributed by atoms with van der Waals surface area (Å²) in [6, 6.07) is 21.9. The fourth-order valence-corrected chi connectivity index (χ4v) is 2.26. The number of nitrogens with one attached hydrogen (secondary N) is 1. The zero-order chi connectivity index (χ0) is 21.2. The van der Waals surface area contributed by atoms with Crippen molar-refractivity contribution in [2.75, 3.05) is 0 Å². The summed E-state index contributed by atoms with van der Waals surface area (Å²) < 4.78 is 0. The molecule has 3 aromatic carbocycles. The molecule has 0 aliphatic carbocycles. The first-order valence-corrected chi connectivity index (χ1v) is 9.31. The number of hydrogen-bond acceptors (Lipinski definition) is 4. The second-order valence-electron chi connectivity index (χ2n) is 6.83. The average molecular weight is 456 g/mol. The van der Waals surface area contributed by atoms with Gasteiger partial charge in [0.1, 0.15) is 0 Å². The molecule has 0 heterocycles. The summed E-state index contributed by atoms with van der Waals surface area (Å²) in [6.07, 6.45) is 0. The van der Waals surface area contributed by atoms with E-state index in [1.807, 2.05) is 63.2 Å². The Hall–Kier alpha value is -1.95. The number of hydrogen-bond donors (Lipinski definition) is 2. The van der Waals surface area contributed by atoms with Gasteiger partial charge in [0.05, 0.1) is 0 Å². The van der Waals surface area contributed by atoms with Crippen molar-refractivity contribution < 1.29 is 9.59 Å². The number of hydrazine groups is 1. The molecular formula is C22H25Cl3N2O2. The zero-order valence-electron chi connectivity index (χ0n) is 16.5. The fourth-order valence-electron chi connectivity index (χ4n) is 1.97. The molecule has 0 saturated heterocycles. The minimum absolute atomic E-state index is 0. The summed E-state index contributed by atoms with van der Waals surface area (Å²) in [4.78, 5) is 21.4. The van der Waals surface area contributed by atoms with E-state index in [0.29, 0.717) is 11.1 Å². The molecule has 156 valence electrons. The van der Waals surface area contributed by atoms with Crippen molar-refractivity contribution in [2.45, 2.75) is 26.3 Å². The second kappa shape index (κ2) is 13.3. The van der Waals surface area contributed by atoms with Gasteiger partial charge in [-0.3, -0.25) is 20.9 Å². The Kier molecular flexibility index (Phi) is 12.4. The highest BCUT2D eigenvalue weighted by Gasteiger charge is 2.05. The Morgan fingerprint density at radius 3 is 1.72 bits per heavy atom. The van der Waals surface area contributed by atoms with Gasteiger partial charge in [0, 0.05) is 16.7 Å². The third kappa shape index (κ3) is 10.4. The van der Waals surface area contributed by atoms with Crippen LogP contribution < -0.4 is 11.3 Å². The number of fused-ring (bicyclic) bond motifs is 1. The number of benzene rings is 3. The smallest absolute Gasteiger partial charge is 0.253 e. The van der Waals surface area contributed by atoms with Crippen LogP contribution in [0.4, 0.5) is 0 Å². The number of nitrogens with two attached hydrogens (primary N) is 1. The minimum Gasteiger partial charge on any atom is -0.276 e. The quantitative estimate of drug-likeness (QED) is 0.284. The van der Waals surface area contributed by atoms with Gasteiger partial charge in [-0.05, 0) is 60.8 Å². The van der Waals surface area contributed by atoms with Crippen molar-refractivity contribution in [2.24, 2.45) is 5.84 Å². The second-order valence-corrected chi connectivity index (χ2v) is 7.52. The lowest BCUT2D eigenvalue weighted by molar-refractivity contribution is 0.107. The lowest BCUT2D eigenvalue weighted by Crippen LogP contribution is -2.41.